The zero-order valence-electron chi connectivity index (χ0n) is 11.3. The largest absolute Gasteiger partial charge is 0.490 e. The summed E-state index contributed by atoms with van der Waals surface area (Å²) in [6.45, 7) is 2.04. The summed E-state index contributed by atoms with van der Waals surface area (Å²) in [6.07, 6.45) is 3.84. The average Bonchev–Trinajstić information content (AvgIpc) is 2.45. The molecule has 1 fully saturated rings. The number of piperidine rings is 1. The van der Waals surface area contributed by atoms with E-state index >= 15 is 0 Å². The van der Waals surface area contributed by atoms with Crippen LogP contribution in [0.3, 0.4) is 0 Å². The first-order chi connectivity index (χ1) is 9.24. The van der Waals surface area contributed by atoms with Crippen LogP contribution in [0.15, 0.2) is 18.2 Å². The van der Waals surface area contributed by atoms with E-state index in [0.717, 1.165) is 43.8 Å². The van der Waals surface area contributed by atoms with E-state index in [9.17, 15) is 4.79 Å². The van der Waals surface area contributed by atoms with Gasteiger partial charge in [0.1, 0.15) is 11.9 Å². The third-order valence-electron chi connectivity index (χ3n) is 3.99. The number of anilines is 1. The Labute approximate surface area is 113 Å². The van der Waals surface area contributed by atoms with Crippen molar-refractivity contribution >= 4 is 11.6 Å². The van der Waals surface area contributed by atoms with E-state index in [1.807, 2.05) is 19.2 Å². The van der Waals surface area contributed by atoms with Gasteiger partial charge in [0.25, 0.3) is 0 Å². The fourth-order valence-corrected chi connectivity index (χ4v) is 2.79. The van der Waals surface area contributed by atoms with Crippen LogP contribution in [0, 0.1) is 0 Å². The molecular weight excluding hydrogens is 240 g/mol. The van der Waals surface area contributed by atoms with Crippen LogP contribution in [0.4, 0.5) is 5.69 Å². The van der Waals surface area contributed by atoms with Gasteiger partial charge in [0, 0.05) is 19.5 Å². The lowest BCUT2D eigenvalue weighted by atomic mass is 10.0. The molecular formula is C15H20N2O2. The van der Waals surface area contributed by atoms with E-state index in [-0.39, 0.29) is 5.91 Å². The molecule has 2 aliphatic rings. The van der Waals surface area contributed by atoms with Crippen molar-refractivity contribution in [1.82, 2.24) is 5.32 Å². The highest BCUT2D eigenvalue weighted by molar-refractivity contribution is 5.96. The summed E-state index contributed by atoms with van der Waals surface area (Å²) < 4.78 is 6.03. The Morgan fingerprint density at radius 1 is 1.26 bits per heavy atom. The van der Waals surface area contributed by atoms with E-state index in [1.54, 1.807) is 4.90 Å². The molecule has 2 heterocycles. The summed E-state index contributed by atoms with van der Waals surface area (Å²) in [4.78, 5) is 13.5. The third kappa shape index (κ3) is 2.59. The van der Waals surface area contributed by atoms with Crippen LogP contribution < -0.4 is 15.0 Å². The molecule has 0 radical (unpaired) electrons. The Balaban J connectivity index is 1.78. The summed E-state index contributed by atoms with van der Waals surface area (Å²) in [5, 5.41) is 3.33. The van der Waals surface area contributed by atoms with E-state index in [2.05, 4.69) is 11.4 Å². The van der Waals surface area contributed by atoms with Crippen molar-refractivity contribution in [3.63, 3.8) is 0 Å². The van der Waals surface area contributed by atoms with Crippen molar-refractivity contribution in [1.29, 1.82) is 0 Å². The fourth-order valence-electron chi connectivity index (χ4n) is 2.79. The Bertz CT molecular complexity index is 481. The summed E-state index contributed by atoms with van der Waals surface area (Å²) >= 11 is 0. The van der Waals surface area contributed by atoms with E-state index in [1.165, 1.54) is 5.56 Å². The molecule has 4 nitrogen and oxygen atoms in total. The third-order valence-corrected chi connectivity index (χ3v) is 3.99. The number of hydrogen-bond donors (Lipinski definition) is 1. The zero-order chi connectivity index (χ0) is 13.2. The lowest BCUT2D eigenvalue weighted by Gasteiger charge is -2.28. The summed E-state index contributed by atoms with van der Waals surface area (Å²) in [6, 6.07) is 6.13. The quantitative estimate of drug-likeness (QED) is 0.880. The first kappa shape index (κ1) is 12.5. The number of rotatable bonds is 2. The van der Waals surface area contributed by atoms with Crippen LogP contribution in [0.5, 0.6) is 5.75 Å². The molecule has 1 aromatic rings. The van der Waals surface area contributed by atoms with Gasteiger partial charge in [-0.25, -0.2) is 0 Å². The topological polar surface area (TPSA) is 41.6 Å². The predicted octanol–water partition coefficient (Wildman–Crippen LogP) is 1.73. The van der Waals surface area contributed by atoms with Crippen LogP contribution in [-0.2, 0) is 11.2 Å². The van der Waals surface area contributed by atoms with Gasteiger partial charge in [-0.1, -0.05) is 6.07 Å². The Morgan fingerprint density at radius 2 is 2.05 bits per heavy atom. The fraction of sp³-hybridized carbons (Fsp3) is 0.533. The summed E-state index contributed by atoms with van der Waals surface area (Å²) in [5.74, 6) is 1.07. The number of nitrogens with one attached hydrogen (secondary N) is 1. The van der Waals surface area contributed by atoms with Crippen LogP contribution in [0.1, 0.15) is 24.8 Å². The van der Waals surface area contributed by atoms with Crippen LogP contribution >= 0.6 is 0 Å². The highest BCUT2D eigenvalue weighted by Gasteiger charge is 2.22. The first-order valence-electron chi connectivity index (χ1n) is 7.01. The number of carbonyl (C=O) groups excluding carboxylic acids is 1. The number of nitrogens with zero attached hydrogens (tertiary/aromatic N) is 1. The number of aryl methyl sites for hydroxylation is 1. The van der Waals surface area contributed by atoms with Gasteiger partial charge in [0.2, 0.25) is 5.91 Å². The van der Waals surface area contributed by atoms with Crippen molar-refractivity contribution in [3.8, 4) is 5.75 Å². The minimum Gasteiger partial charge on any atom is -0.490 e. The Morgan fingerprint density at radius 3 is 2.84 bits per heavy atom. The highest BCUT2D eigenvalue weighted by atomic mass is 16.5. The first-order valence-corrected chi connectivity index (χ1v) is 7.01. The molecule has 102 valence electrons. The molecule has 0 bridgehead atoms. The molecule has 0 aliphatic carbocycles. The number of fused-ring (bicyclic) bond motifs is 1. The van der Waals surface area contributed by atoms with Gasteiger partial charge in [0.15, 0.2) is 0 Å². The molecule has 0 saturated carbocycles. The normalized spacial score (nSPS) is 20.3. The molecule has 0 spiro atoms. The zero-order valence-corrected chi connectivity index (χ0v) is 11.3. The minimum absolute atomic E-state index is 0.187. The standard InChI is InChI=1S/C15H20N2O2/c1-17-14-10-13(19-12-6-8-16-9-7-12)4-2-11(14)3-5-15(17)18/h2,4,10,12,16H,3,5-9H2,1H3. The van der Waals surface area contributed by atoms with Crippen molar-refractivity contribution in [2.45, 2.75) is 31.8 Å². The molecule has 2 aliphatic heterocycles. The Kier molecular flexibility index (Phi) is 3.42. The van der Waals surface area contributed by atoms with Gasteiger partial charge < -0.3 is 15.0 Å². The van der Waals surface area contributed by atoms with E-state index in [4.69, 9.17) is 4.74 Å². The maximum absolute atomic E-state index is 11.7. The molecule has 1 saturated heterocycles. The molecule has 0 aromatic heterocycles. The second kappa shape index (κ2) is 5.21. The molecule has 0 atom stereocenters. The lowest BCUT2D eigenvalue weighted by Crippen LogP contribution is -2.34. The molecule has 1 aromatic carbocycles. The van der Waals surface area contributed by atoms with Gasteiger partial charge in [-0.3, -0.25) is 4.79 Å². The van der Waals surface area contributed by atoms with Gasteiger partial charge in [-0.2, -0.15) is 0 Å². The molecule has 1 amide bonds. The number of hydrogen-bond acceptors (Lipinski definition) is 3. The molecule has 19 heavy (non-hydrogen) atoms. The van der Waals surface area contributed by atoms with Crippen molar-refractivity contribution in [2.24, 2.45) is 0 Å². The second-order valence-corrected chi connectivity index (χ2v) is 5.31. The number of amides is 1. The number of carbonyl (C=O) groups is 1. The molecule has 1 N–H and O–H groups in total. The Hall–Kier alpha value is -1.55. The average molecular weight is 260 g/mol. The van der Waals surface area contributed by atoms with Gasteiger partial charge in [-0.05, 0) is 44.0 Å². The van der Waals surface area contributed by atoms with Crippen molar-refractivity contribution < 1.29 is 9.53 Å². The van der Waals surface area contributed by atoms with E-state index in [0.29, 0.717) is 12.5 Å². The SMILES string of the molecule is CN1C(=O)CCc2ccc(OC3CCNCC3)cc21. The van der Waals surface area contributed by atoms with Gasteiger partial charge in [-0.15, -0.1) is 0 Å². The molecule has 0 unspecified atom stereocenters. The smallest absolute Gasteiger partial charge is 0.227 e. The summed E-state index contributed by atoms with van der Waals surface area (Å²) in [7, 11) is 1.84. The van der Waals surface area contributed by atoms with Crippen molar-refractivity contribution in [2.75, 3.05) is 25.0 Å². The number of benzene rings is 1. The number of ether oxygens (including phenoxy) is 1. The maximum atomic E-state index is 11.7. The lowest BCUT2D eigenvalue weighted by molar-refractivity contribution is -0.118. The maximum Gasteiger partial charge on any atom is 0.227 e. The predicted molar refractivity (Wildman–Crippen MR) is 74.7 cm³/mol. The van der Waals surface area contributed by atoms with Crippen molar-refractivity contribution in [3.05, 3.63) is 23.8 Å². The summed E-state index contributed by atoms with van der Waals surface area (Å²) in [5.41, 5.74) is 2.24. The second-order valence-electron chi connectivity index (χ2n) is 5.31. The van der Waals surface area contributed by atoms with Crippen LogP contribution in [0.25, 0.3) is 0 Å². The monoisotopic (exact) mass is 260 g/mol. The highest BCUT2D eigenvalue weighted by Crippen LogP contribution is 2.31. The molecule has 3 rings (SSSR count). The van der Waals surface area contributed by atoms with Crippen LogP contribution in [0.2, 0.25) is 0 Å². The van der Waals surface area contributed by atoms with Gasteiger partial charge >= 0.3 is 0 Å². The van der Waals surface area contributed by atoms with E-state index < -0.39 is 0 Å². The minimum atomic E-state index is 0.187. The van der Waals surface area contributed by atoms with Crippen LogP contribution in [-0.4, -0.2) is 32.1 Å². The van der Waals surface area contributed by atoms with Gasteiger partial charge in [0.05, 0.1) is 5.69 Å². The molecule has 4 heteroatoms.